The first-order valence-corrected chi connectivity index (χ1v) is 9.38. The summed E-state index contributed by atoms with van der Waals surface area (Å²) in [5.74, 6) is 0.565. The Kier molecular flexibility index (Phi) is 6.01. The second-order valence-electron chi connectivity index (χ2n) is 7.14. The number of halogens is 2. The molecule has 0 N–H and O–H groups in total. The van der Waals surface area contributed by atoms with Crippen molar-refractivity contribution in [3.63, 3.8) is 0 Å². The van der Waals surface area contributed by atoms with Gasteiger partial charge in [0.2, 0.25) is 0 Å². The van der Waals surface area contributed by atoms with Gasteiger partial charge in [-0.3, -0.25) is 0 Å². The van der Waals surface area contributed by atoms with Crippen LogP contribution in [0.15, 0.2) is 60.7 Å². The highest BCUT2D eigenvalue weighted by Gasteiger charge is 2.21. The maximum absolute atomic E-state index is 12.4. The Balaban J connectivity index is 1.63. The number of aryl methyl sites for hydroxylation is 1. The summed E-state index contributed by atoms with van der Waals surface area (Å²) in [6.07, 6.45) is 5.64. The van der Waals surface area contributed by atoms with Gasteiger partial charge in [-0.25, -0.2) is 0 Å². The van der Waals surface area contributed by atoms with Crippen LogP contribution in [-0.2, 0) is 6.42 Å². The quantitative estimate of drug-likeness (QED) is 0.533. The van der Waals surface area contributed by atoms with Gasteiger partial charge in [0.25, 0.3) is 6.08 Å². The monoisotopic (exact) mass is 340 g/mol. The minimum Gasteiger partial charge on any atom is -0.174 e. The molecule has 0 atom stereocenters. The topological polar surface area (TPSA) is 0 Å². The Bertz CT molecular complexity index is 686. The molecule has 0 aromatic heterocycles. The number of hydrogen-bond acceptors (Lipinski definition) is 0. The van der Waals surface area contributed by atoms with E-state index in [1.165, 1.54) is 28.7 Å². The van der Waals surface area contributed by atoms with Gasteiger partial charge in [0, 0.05) is 0 Å². The first-order chi connectivity index (χ1) is 12.2. The van der Waals surface area contributed by atoms with E-state index in [-0.39, 0.29) is 5.92 Å². The summed E-state index contributed by atoms with van der Waals surface area (Å²) in [4.78, 5) is 0. The fourth-order valence-electron chi connectivity index (χ4n) is 3.90. The number of benzene rings is 2. The van der Waals surface area contributed by atoms with Crippen LogP contribution in [0.3, 0.4) is 0 Å². The predicted molar refractivity (Wildman–Crippen MR) is 101 cm³/mol. The normalized spacial score (nSPS) is 20.3. The fraction of sp³-hybridized carbons (Fsp3) is 0.391. The molecular weight excluding hydrogens is 314 g/mol. The second kappa shape index (κ2) is 8.42. The molecule has 1 aliphatic carbocycles. The van der Waals surface area contributed by atoms with E-state index in [2.05, 4.69) is 55.5 Å². The van der Waals surface area contributed by atoms with Gasteiger partial charge in [0.05, 0.1) is 0 Å². The highest BCUT2D eigenvalue weighted by Crippen LogP contribution is 2.37. The minimum atomic E-state index is -1.53. The Labute approximate surface area is 149 Å². The van der Waals surface area contributed by atoms with Crippen LogP contribution in [0, 0.1) is 5.92 Å². The van der Waals surface area contributed by atoms with Crippen molar-refractivity contribution in [2.24, 2.45) is 5.92 Å². The molecule has 0 spiro atoms. The van der Waals surface area contributed by atoms with E-state index in [4.69, 9.17) is 0 Å². The highest BCUT2D eigenvalue weighted by atomic mass is 19.3. The molecule has 2 aromatic carbocycles. The van der Waals surface area contributed by atoms with Crippen LogP contribution in [0.4, 0.5) is 8.78 Å². The van der Waals surface area contributed by atoms with Crippen molar-refractivity contribution in [1.29, 1.82) is 0 Å². The SMILES string of the molecule is CCCc1ccc(-c2ccc(C3CCC(C=C(F)F)CC3)cc2)cc1. The number of allylic oxidation sites excluding steroid dienone is 1. The third-order valence-electron chi connectivity index (χ3n) is 5.34. The molecule has 0 heterocycles. The van der Waals surface area contributed by atoms with Crippen molar-refractivity contribution in [3.8, 4) is 11.1 Å². The van der Waals surface area contributed by atoms with Crippen molar-refractivity contribution >= 4 is 0 Å². The summed E-state index contributed by atoms with van der Waals surface area (Å²) in [7, 11) is 0. The maximum atomic E-state index is 12.4. The third kappa shape index (κ3) is 4.78. The molecular formula is C23H26F2. The zero-order valence-electron chi connectivity index (χ0n) is 14.8. The lowest BCUT2D eigenvalue weighted by Crippen LogP contribution is -2.11. The molecule has 0 unspecified atom stereocenters. The Morgan fingerprint density at radius 1 is 0.880 bits per heavy atom. The van der Waals surface area contributed by atoms with Gasteiger partial charge in [-0.1, -0.05) is 61.9 Å². The van der Waals surface area contributed by atoms with Crippen molar-refractivity contribution < 1.29 is 8.78 Å². The zero-order chi connectivity index (χ0) is 17.6. The van der Waals surface area contributed by atoms with E-state index in [9.17, 15) is 8.78 Å². The van der Waals surface area contributed by atoms with Crippen LogP contribution >= 0.6 is 0 Å². The van der Waals surface area contributed by atoms with Crippen LogP contribution in [0.5, 0.6) is 0 Å². The molecule has 2 aromatic rings. The molecule has 1 saturated carbocycles. The molecule has 25 heavy (non-hydrogen) atoms. The summed E-state index contributed by atoms with van der Waals surface area (Å²) >= 11 is 0. The third-order valence-corrected chi connectivity index (χ3v) is 5.34. The molecule has 0 bridgehead atoms. The molecule has 0 saturated heterocycles. The van der Waals surface area contributed by atoms with Crippen molar-refractivity contribution in [3.05, 3.63) is 71.8 Å². The first kappa shape index (κ1) is 17.8. The van der Waals surface area contributed by atoms with E-state index in [1.807, 2.05) is 0 Å². The molecule has 2 heteroatoms. The average Bonchev–Trinajstić information content (AvgIpc) is 2.63. The highest BCUT2D eigenvalue weighted by molar-refractivity contribution is 5.64. The summed E-state index contributed by atoms with van der Waals surface area (Å²) in [5, 5.41) is 0. The summed E-state index contributed by atoms with van der Waals surface area (Å²) in [6.45, 7) is 2.20. The largest absolute Gasteiger partial charge is 0.266 e. The van der Waals surface area contributed by atoms with Gasteiger partial charge in [0.15, 0.2) is 0 Å². The molecule has 0 aliphatic heterocycles. The van der Waals surface area contributed by atoms with Gasteiger partial charge in [-0.15, -0.1) is 0 Å². The lowest BCUT2D eigenvalue weighted by atomic mass is 9.78. The Morgan fingerprint density at radius 2 is 1.44 bits per heavy atom. The smallest absolute Gasteiger partial charge is 0.174 e. The average molecular weight is 340 g/mol. The number of hydrogen-bond donors (Lipinski definition) is 0. The van der Waals surface area contributed by atoms with Crippen molar-refractivity contribution in [2.75, 3.05) is 0 Å². The first-order valence-electron chi connectivity index (χ1n) is 9.38. The van der Waals surface area contributed by atoms with Crippen LogP contribution in [0.25, 0.3) is 11.1 Å². The van der Waals surface area contributed by atoms with E-state index < -0.39 is 6.08 Å². The predicted octanol–water partition coefficient (Wildman–Crippen LogP) is 7.36. The molecule has 0 radical (unpaired) electrons. The Hall–Kier alpha value is -1.96. The van der Waals surface area contributed by atoms with Gasteiger partial charge in [-0.2, -0.15) is 8.78 Å². The van der Waals surface area contributed by atoms with E-state index >= 15 is 0 Å². The van der Waals surface area contributed by atoms with Crippen molar-refractivity contribution in [1.82, 2.24) is 0 Å². The van der Waals surface area contributed by atoms with E-state index in [0.29, 0.717) is 5.92 Å². The van der Waals surface area contributed by atoms with Crippen LogP contribution in [0.1, 0.15) is 56.1 Å². The van der Waals surface area contributed by atoms with Gasteiger partial charge in [-0.05, 0) is 72.3 Å². The molecule has 0 nitrogen and oxygen atoms in total. The fourth-order valence-corrected chi connectivity index (χ4v) is 3.90. The number of rotatable bonds is 5. The van der Waals surface area contributed by atoms with Gasteiger partial charge in [0.1, 0.15) is 0 Å². The molecule has 1 aliphatic rings. The minimum absolute atomic E-state index is 0.0576. The van der Waals surface area contributed by atoms with E-state index in [1.54, 1.807) is 0 Å². The lowest BCUT2D eigenvalue weighted by Gasteiger charge is -2.27. The van der Waals surface area contributed by atoms with Crippen LogP contribution in [0.2, 0.25) is 0 Å². The molecule has 0 amide bonds. The second-order valence-corrected chi connectivity index (χ2v) is 7.14. The summed E-state index contributed by atoms with van der Waals surface area (Å²) in [6, 6.07) is 17.6. The summed E-state index contributed by atoms with van der Waals surface area (Å²) < 4.78 is 24.7. The van der Waals surface area contributed by atoms with Crippen molar-refractivity contribution in [2.45, 2.75) is 51.4 Å². The zero-order valence-corrected chi connectivity index (χ0v) is 14.8. The lowest BCUT2D eigenvalue weighted by molar-refractivity contribution is 0.351. The molecule has 1 fully saturated rings. The summed E-state index contributed by atoms with van der Waals surface area (Å²) in [5.41, 5.74) is 5.22. The van der Waals surface area contributed by atoms with Crippen LogP contribution in [-0.4, -0.2) is 0 Å². The van der Waals surface area contributed by atoms with Gasteiger partial charge >= 0.3 is 0 Å². The molecule has 132 valence electrons. The van der Waals surface area contributed by atoms with Crippen LogP contribution < -0.4 is 0 Å². The molecule has 3 rings (SSSR count). The standard InChI is InChI=1S/C23H26F2/c1-2-3-17-4-8-19(9-5-17)21-12-14-22(15-13-21)20-10-6-18(7-11-20)16-23(24)25/h4-5,8-9,12-16,18,20H,2-3,6-7,10-11H2,1H3. The van der Waals surface area contributed by atoms with E-state index in [0.717, 1.165) is 38.2 Å². The van der Waals surface area contributed by atoms with Gasteiger partial charge < -0.3 is 0 Å². The maximum Gasteiger partial charge on any atom is 0.266 e. The Morgan fingerprint density at radius 3 is 1.96 bits per heavy atom.